The highest BCUT2D eigenvalue weighted by Gasteiger charge is 2.56. The Kier molecular flexibility index (Phi) is 3.79. The molecule has 3 unspecified atom stereocenters. The number of fused-ring (bicyclic) bond motifs is 4. The van der Waals surface area contributed by atoms with Crippen LogP contribution in [-0.4, -0.2) is 33.2 Å². The molecule has 1 fully saturated rings. The molecule has 2 aromatic heterocycles. The van der Waals surface area contributed by atoms with Gasteiger partial charge in [-0.05, 0) is 47.6 Å². The Morgan fingerprint density at radius 3 is 3.15 bits per heavy atom. The quantitative estimate of drug-likeness (QED) is 0.725. The molecule has 1 aromatic carbocycles. The second kappa shape index (κ2) is 6.20. The summed E-state index contributed by atoms with van der Waals surface area (Å²) in [5, 5.41) is 10.6. The first-order valence-corrected chi connectivity index (χ1v) is 9.28. The van der Waals surface area contributed by atoms with Gasteiger partial charge in [0.1, 0.15) is 10.8 Å². The fourth-order valence-corrected chi connectivity index (χ4v) is 4.29. The molecule has 6 nitrogen and oxygen atoms in total. The first-order valence-electron chi connectivity index (χ1n) is 8.90. The van der Waals surface area contributed by atoms with E-state index in [2.05, 4.69) is 20.7 Å². The van der Waals surface area contributed by atoms with Gasteiger partial charge in [-0.3, -0.25) is 0 Å². The SMILES string of the molecule is O=C(NCCc1cnc2c(Cl)cnn2c1)NC1C2Cc3cc(F)ccc3C21. The van der Waals surface area contributed by atoms with Crippen LogP contribution in [0, 0.1) is 11.7 Å². The van der Waals surface area contributed by atoms with Gasteiger partial charge in [0.05, 0.1) is 6.20 Å². The Hall–Kier alpha value is -2.67. The lowest BCUT2D eigenvalue weighted by Crippen LogP contribution is -2.39. The fourth-order valence-electron chi connectivity index (χ4n) is 4.12. The Morgan fingerprint density at radius 1 is 1.37 bits per heavy atom. The van der Waals surface area contributed by atoms with Gasteiger partial charge in [0.2, 0.25) is 0 Å². The number of aromatic nitrogens is 3. The molecule has 2 aliphatic carbocycles. The molecule has 2 heterocycles. The molecule has 0 saturated heterocycles. The van der Waals surface area contributed by atoms with E-state index in [4.69, 9.17) is 11.6 Å². The zero-order valence-electron chi connectivity index (χ0n) is 14.3. The average molecular weight is 386 g/mol. The third-order valence-electron chi connectivity index (χ3n) is 5.45. The molecule has 1 saturated carbocycles. The lowest BCUT2D eigenvalue weighted by atomic mass is 10.0. The van der Waals surface area contributed by atoms with E-state index in [0.717, 1.165) is 17.5 Å². The van der Waals surface area contributed by atoms with Gasteiger partial charge >= 0.3 is 6.03 Å². The summed E-state index contributed by atoms with van der Waals surface area (Å²) in [6, 6.07) is 4.92. The summed E-state index contributed by atoms with van der Waals surface area (Å²) in [5.41, 5.74) is 3.82. The molecule has 8 heteroatoms. The van der Waals surface area contributed by atoms with Crippen LogP contribution in [0.3, 0.4) is 0 Å². The molecule has 2 N–H and O–H groups in total. The number of carbonyl (C=O) groups excluding carboxylic acids is 1. The predicted octanol–water partition coefficient (Wildman–Crippen LogP) is 2.70. The van der Waals surface area contributed by atoms with Gasteiger partial charge in [0.15, 0.2) is 5.65 Å². The van der Waals surface area contributed by atoms with Gasteiger partial charge in [-0.2, -0.15) is 5.10 Å². The van der Waals surface area contributed by atoms with Crippen molar-refractivity contribution in [3.05, 3.63) is 64.3 Å². The van der Waals surface area contributed by atoms with E-state index in [-0.39, 0.29) is 17.9 Å². The van der Waals surface area contributed by atoms with Crippen LogP contribution in [0.4, 0.5) is 9.18 Å². The molecule has 3 aromatic rings. The molecule has 0 radical (unpaired) electrons. The summed E-state index contributed by atoms with van der Waals surface area (Å²) in [5.74, 6) is 0.522. The van der Waals surface area contributed by atoms with Crippen molar-refractivity contribution in [2.24, 2.45) is 5.92 Å². The van der Waals surface area contributed by atoms with Gasteiger partial charge in [-0.15, -0.1) is 0 Å². The van der Waals surface area contributed by atoms with Crippen molar-refractivity contribution >= 4 is 23.3 Å². The summed E-state index contributed by atoms with van der Waals surface area (Å²) in [7, 11) is 0. The monoisotopic (exact) mass is 385 g/mol. The second-order valence-electron chi connectivity index (χ2n) is 7.14. The first kappa shape index (κ1) is 16.5. The summed E-state index contributed by atoms with van der Waals surface area (Å²) < 4.78 is 14.9. The largest absolute Gasteiger partial charge is 0.338 e. The summed E-state index contributed by atoms with van der Waals surface area (Å²) in [6.07, 6.45) is 6.63. The van der Waals surface area contributed by atoms with Crippen LogP contribution >= 0.6 is 11.6 Å². The minimum Gasteiger partial charge on any atom is -0.338 e. The van der Waals surface area contributed by atoms with E-state index in [1.165, 1.54) is 11.6 Å². The number of amides is 2. The van der Waals surface area contributed by atoms with Crippen LogP contribution in [0.5, 0.6) is 0 Å². The Bertz CT molecular complexity index is 1050. The average Bonchev–Trinajstić information content (AvgIpc) is 2.99. The smallest absolute Gasteiger partial charge is 0.315 e. The number of halogens is 2. The Morgan fingerprint density at radius 2 is 2.26 bits per heavy atom. The van der Waals surface area contributed by atoms with Gasteiger partial charge in [0.25, 0.3) is 0 Å². The minimum absolute atomic E-state index is 0.146. The van der Waals surface area contributed by atoms with Crippen LogP contribution in [0.25, 0.3) is 5.65 Å². The zero-order valence-corrected chi connectivity index (χ0v) is 15.1. The number of rotatable bonds is 4. The highest BCUT2D eigenvalue weighted by atomic mass is 35.5. The molecular formula is C19H17ClFN5O. The van der Waals surface area contributed by atoms with Crippen LogP contribution in [0.15, 0.2) is 36.8 Å². The zero-order chi connectivity index (χ0) is 18.5. The van der Waals surface area contributed by atoms with E-state index >= 15 is 0 Å². The molecule has 3 atom stereocenters. The number of hydrogen-bond acceptors (Lipinski definition) is 3. The van der Waals surface area contributed by atoms with Gasteiger partial charge in [0, 0.05) is 30.9 Å². The molecule has 0 aliphatic heterocycles. The molecule has 27 heavy (non-hydrogen) atoms. The van der Waals surface area contributed by atoms with E-state index in [0.29, 0.717) is 35.5 Å². The van der Waals surface area contributed by atoms with Gasteiger partial charge in [-0.25, -0.2) is 18.7 Å². The Balaban J connectivity index is 1.13. The maximum Gasteiger partial charge on any atom is 0.315 e. The summed E-state index contributed by atoms with van der Waals surface area (Å²) in [6.45, 7) is 0.498. The van der Waals surface area contributed by atoms with Crippen molar-refractivity contribution in [3.8, 4) is 0 Å². The number of hydrogen-bond donors (Lipinski definition) is 2. The van der Waals surface area contributed by atoms with Crippen molar-refractivity contribution in [3.63, 3.8) is 0 Å². The maximum atomic E-state index is 13.3. The van der Waals surface area contributed by atoms with E-state index in [1.807, 2.05) is 12.3 Å². The third-order valence-corrected chi connectivity index (χ3v) is 5.72. The van der Waals surface area contributed by atoms with E-state index < -0.39 is 0 Å². The van der Waals surface area contributed by atoms with Crippen molar-refractivity contribution in [2.75, 3.05) is 6.54 Å². The molecule has 0 bridgehead atoms. The van der Waals surface area contributed by atoms with E-state index in [1.54, 1.807) is 23.0 Å². The third kappa shape index (κ3) is 2.92. The fraction of sp³-hybridized carbons (Fsp3) is 0.316. The predicted molar refractivity (Wildman–Crippen MR) is 98.4 cm³/mol. The lowest BCUT2D eigenvalue weighted by molar-refractivity contribution is 0.240. The molecule has 0 spiro atoms. The normalized spacial score (nSPS) is 22.4. The molecule has 2 amide bonds. The molecule has 2 aliphatic rings. The standard InChI is InChI=1S/C19H17ClFN5O/c20-15-8-24-26-9-10(7-23-18(15)26)3-4-22-19(27)25-17-14-6-11-5-12(21)1-2-13(11)16(14)17/h1-2,5,7-9,14,16-17H,3-4,6H2,(H2,22,25,27). The van der Waals surface area contributed by atoms with Crippen LogP contribution in [-0.2, 0) is 12.8 Å². The van der Waals surface area contributed by atoms with Crippen molar-refractivity contribution in [1.82, 2.24) is 25.2 Å². The number of carbonyl (C=O) groups is 1. The molecular weight excluding hydrogens is 369 g/mol. The van der Waals surface area contributed by atoms with Crippen molar-refractivity contribution in [1.29, 1.82) is 0 Å². The van der Waals surface area contributed by atoms with Gasteiger partial charge in [-0.1, -0.05) is 17.7 Å². The first-order chi connectivity index (χ1) is 13.1. The maximum absolute atomic E-state index is 13.3. The second-order valence-corrected chi connectivity index (χ2v) is 7.54. The highest BCUT2D eigenvalue weighted by Crippen LogP contribution is 2.56. The lowest BCUT2D eigenvalue weighted by Gasteiger charge is -2.11. The number of nitrogens with one attached hydrogen (secondary N) is 2. The summed E-state index contributed by atoms with van der Waals surface area (Å²) >= 11 is 5.98. The van der Waals surface area contributed by atoms with Gasteiger partial charge < -0.3 is 10.6 Å². The highest BCUT2D eigenvalue weighted by molar-refractivity contribution is 6.33. The topological polar surface area (TPSA) is 71.3 Å². The van der Waals surface area contributed by atoms with Crippen LogP contribution in [0.2, 0.25) is 5.02 Å². The number of urea groups is 1. The summed E-state index contributed by atoms with van der Waals surface area (Å²) in [4.78, 5) is 16.4. The molecule has 5 rings (SSSR count). The number of benzene rings is 1. The van der Waals surface area contributed by atoms with E-state index in [9.17, 15) is 9.18 Å². The van der Waals surface area contributed by atoms with Crippen molar-refractivity contribution in [2.45, 2.75) is 24.8 Å². The number of nitrogens with zero attached hydrogens (tertiary/aromatic N) is 3. The van der Waals surface area contributed by atoms with Crippen LogP contribution in [0.1, 0.15) is 22.6 Å². The molecule has 138 valence electrons. The van der Waals surface area contributed by atoms with Crippen molar-refractivity contribution < 1.29 is 9.18 Å². The van der Waals surface area contributed by atoms with Crippen LogP contribution < -0.4 is 10.6 Å². The Labute approximate surface area is 159 Å². The minimum atomic E-state index is -0.192.